The third-order valence-corrected chi connectivity index (χ3v) is 5.55. The molecule has 0 saturated carbocycles. The largest absolute Gasteiger partial charge is 0.377 e. The number of hydrogen-bond donors (Lipinski definition) is 1. The van der Waals surface area contributed by atoms with E-state index in [9.17, 15) is 0 Å². The lowest BCUT2D eigenvalue weighted by Gasteiger charge is -2.38. The predicted octanol–water partition coefficient (Wildman–Crippen LogP) is 6.24. The molecule has 1 N–H and O–H groups in total. The Morgan fingerprint density at radius 2 is 2.09 bits per heavy atom. The molecule has 2 aromatic rings. The molecule has 1 aliphatic heterocycles. The Balaban J connectivity index is 1.84. The second-order valence-electron chi connectivity index (χ2n) is 6.22. The van der Waals surface area contributed by atoms with Crippen molar-refractivity contribution in [3.8, 4) is 0 Å². The molecule has 22 heavy (non-hydrogen) atoms. The summed E-state index contributed by atoms with van der Waals surface area (Å²) in [6, 6.07) is 13.1. The lowest BCUT2D eigenvalue weighted by Crippen LogP contribution is -2.29. The minimum atomic E-state index is 0.338. The van der Waals surface area contributed by atoms with Crippen molar-refractivity contribution in [3.63, 3.8) is 0 Å². The number of halogens is 2. The van der Waals surface area contributed by atoms with Crippen molar-refractivity contribution >= 4 is 33.2 Å². The van der Waals surface area contributed by atoms with Gasteiger partial charge in [-0.25, -0.2) is 0 Å². The molecule has 3 atom stereocenters. The molecule has 0 unspecified atom stereocenters. The van der Waals surface area contributed by atoms with E-state index in [0.717, 1.165) is 15.9 Å². The molecular formula is C19H17BrClN. The molecule has 0 aromatic heterocycles. The molecule has 0 radical (unpaired) electrons. The van der Waals surface area contributed by atoms with Crippen molar-refractivity contribution in [2.75, 3.05) is 5.32 Å². The first-order valence-electron chi connectivity index (χ1n) is 7.62. The zero-order valence-corrected chi connectivity index (χ0v) is 14.7. The molecule has 4 rings (SSSR count). The molecular weight excluding hydrogens is 358 g/mol. The average Bonchev–Trinajstić information content (AvgIpc) is 2.96. The van der Waals surface area contributed by atoms with Crippen LogP contribution in [0.15, 0.2) is 53.0 Å². The van der Waals surface area contributed by atoms with Gasteiger partial charge in [0.05, 0.1) is 6.04 Å². The molecule has 1 nitrogen and oxygen atoms in total. The van der Waals surface area contributed by atoms with Crippen LogP contribution in [0.5, 0.6) is 0 Å². The summed E-state index contributed by atoms with van der Waals surface area (Å²) in [4.78, 5) is 0. The third kappa shape index (κ3) is 2.29. The smallest absolute Gasteiger partial charge is 0.0554 e. The Labute approximate surface area is 144 Å². The van der Waals surface area contributed by atoms with Crippen LogP contribution in [-0.2, 0) is 0 Å². The van der Waals surface area contributed by atoms with Crippen molar-refractivity contribution in [1.82, 2.24) is 0 Å². The normalized spacial score (nSPS) is 25.5. The summed E-state index contributed by atoms with van der Waals surface area (Å²) >= 11 is 9.88. The molecule has 0 spiro atoms. The molecule has 3 heteroatoms. The first kappa shape index (κ1) is 14.3. The van der Waals surface area contributed by atoms with Gasteiger partial charge >= 0.3 is 0 Å². The monoisotopic (exact) mass is 373 g/mol. The van der Waals surface area contributed by atoms with E-state index in [1.54, 1.807) is 0 Å². The third-order valence-electron chi connectivity index (χ3n) is 4.84. The van der Waals surface area contributed by atoms with Gasteiger partial charge < -0.3 is 5.32 Å². The minimum Gasteiger partial charge on any atom is -0.377 e. The number of nitrogens with one attached hydrogen (secondary N) is 1. The molecule has 0 saturated heterocycles. The average molecular weight is 375 g/mol. The number of allylic oxidation sites excluding steroid dienone is 2. The number of anilines is 1. The van der Waals surface area contributed by atoms with Gasteiger partial charge in [0.1, 0.15) is 0 Å². The molecule has 1 aliphatic carbocycles. The van der Waals surface area contributed by atoms with Crippen LogP contribution in [0.2, 0.25) is 5.02 Å². The van der Waals surface area contributed by atoms with Gasteiger partial charge in [-0.3, -0.25) is 0 Å². The second kappa shape index (κ2) is 5.43. The van der Waals surface area contributed by atoms with E-state index < -0.39 is 0 Å². The van der Waals surface area contributed by atoms with Gasteiger partial charge in [-0.2, -0.15) is 0 Å². The van der Waals surface area contributed by atoms with Gasteiger partial charge in [-0.1, -0.05) is 51.8 Å². The minimum absolute atomic E-state index is 0.338. The lowest BCUT2D eigenvalue weighted by atomic mass is 9.76. The fourth-order valence-corrected chi connectivity index (χ4v) is 4.57. The first-order chi connectivity index (χ1) is 10.6. The maximum absolute atomic E-state index is 6.29. The van der Waals surface area contributed by atoms with Gasteiger partial charge in [0.25, 0.3) is 0 Å². The molecule has 1 heterocycles. The zero-order valence-electron chi connectivity index (χ0n) is 12.3. The zero-order chi connectivity index (χ0) is 15.3. The van der Waals surface area contributed by atoms with E-state index >= 15 is 0 Å². The Morgan fingerprint density at radius 3 is 2.91 bits per heavy atom. The van der Waals surface area contributed by atoms with Gasteiger partial charge in [-0.05, 0) is 60.2 Å². The Morgan fingerprint density at radius 1 is 1.23 bits per heavy atom. The molecule has 2 aromatic carbocycles. The molecule has 0 fully saturated rings. The summed E-state index contributed by atoms with van der Waals surface area (Å²) in [6.07, 6.45) is 5.78. The summed E-state index contributed by atoms with van der Waals surface area (Å²) in [6.45, 7) is 2.13. The number of rotatable bonds is 1. The Bertz CT molecular complexity index is 768. The van der Waals surface area contributed by atoms with Crippen LogP contribution in [-0.4, -0.2) is 0 Å². The highest BCUT2D eigenvalue weighted by molar-refractivity contribution is 9.10. The highest BCUT2D eigenvalue weighted by Gasteiger charge is 2.38. The summed E-state index contributed by atoms with van der Waals surface area (Å²) < 4.78 is 1.13. The Kier molecular flexibility index (Phi) is 3.54. The van der Waals surface area contributed by atoms with Crippen molar-refractivity contribution in [2.24, 2.45) is 5.92 Å². The van der Waals surface area contributed by atoms with Crippen molar-refractivity contribution in [2.45, 2.75) is 25.3 Å². The van der Waals surface area contributed by atoms with Gasteiger partial charge in [-0.15, -0.1) is 0 Å². The van der Waals surface area contributed by atoms with Crippen LogP contribution in [0.4, 0.5) is 5.69 Å². The number of benzene rings is 2. The van der Waals surface area contributed by atoms with E-state index in [2.05, 4.69) is 70.7 Å². The topological polar surface area (TPSA) is 12.0 Å². The van der Waals surface area contributed by atoms with Gasteiger partial charge in [0, 0.05) is 21.1 Å². The fourth-order valence-electron chi connectivity index (χ4n) is 3.87. The van der Waals surface area contributed by atoms with E-state index in [-0.39, 0.29) is 0 Å². The van der Waals surface area contributed by atoms with Crippen molar-refractivity contribution in [1.29, 1.82) is 0 Å². The standard InChI is InChI=1S/C19H17BrClN/c1-11-8-14(21)10-17-15-6-3-7-16(15)19(22-18(11)17)12-4-2-5-13(20)9-12/h2-6,8-10,15-16,19,22H,7H2,1H3/t15-,16-,19+/m0/s1. The Hall–Kier alpha value is -1.25. The quantitative estimate of drug-likeness (QED) is 0.583. The van der Waals surface area contributed by atoms with E-state index in [0.29, 0.717) is 17.9 Å². The number of hydrogen-bond acceptors (Lipinski definition) is 1. The van der Waals surface area contributed by atoms with Crippen LogP contribution < -0.4 is 5.32 Å². The highest BCUT2D eigenvalue weighted by Crippen LogP contribution is 2.51. The number of aryl methyl sites for hydroxylation is 1. The highest BCUT2D eigenvalue weighted by atomic mass is 79.9. The summed E-state index contributed by atoms with van der Waals surface area (Å²) in [5.74, 6) is 1.01. The van der Waals surface area contributed by atoms with Crippen molar-refractivity contribution in [3.05, 3.63) is 74.7 Å². The van der Waals surface area contributed by atoms with E-state index in [1.165, 1.54) is 22.4 Å². The lowest BCUT2D eigenvalue weighted by molar-refractivity contribution is 0.425. The van der Waals surface area contributed by atoms with Crippen LogP contribution in [0.25, 0.3) is 0 Å². The summed E-state index contributed by atoms with van der Waals surface area (Å²) in [5.41, 5.74) is 5.16. The van der Waals surface area contributed by atoms with Gasteiger partial charge in [0.2, 0.25) is 0 Å². The SMILES string of the molecule is Cc1cc(Cl)cc2c1N[C@H](c1cccc(Br)c1)[C@H]1CC=C[C@H]21. The first-order valence-corrected chi connectivity index (χ1v) is 8.79. The van der Waals surface area contributed by atoms with Crippen LogP contribution in [0.1, 0.15) is 35.1 Å². The van der Waals surface area contributed by atoms with Gasteiger partial charge in [0.15, 0.2) is 0 Å². The molecule has 0 amide bonds. The van der Waals surface area contributed by atoms with Crippen LogP contribution in [0, 0.1) is 12.8 Å². The molecule has 0 bridgehead atoms. The summed E-state index contributed by atoms with van der Waals surface area (Å²) in [5, 5.41) is 4.62. The molecule has 2 aliphatic rings. The van der Waals surface area contributed by atoms with Crippen molar-refractivity contribution < 1.29 is 0 Å². The maximum atomic E-state index is 6.29. The predicted molar refractivity (Wildman–Crippen MR) is 96.7 cm³/mol. The second-order valence-corrected chi connectivity index (χ2v) is 7.57. The summed E-state index contributed by atoms with van der Waals surface area (Å²) in [7, 11) is 0. The van der Waals surface area contributed by atoms with Crippen LogP contribution in [0.3, 0.4) is 0 Å². The maximum Gasteiger partial charge on any atom is 0.0554 e. The van der Waals surface area contributed by atoms with Crippen LogP contribution >= 0.6 is 27.5 Å². The fraction of sp³-hybridized carbons (Fsp3) is 0.263. The van der Waals surface area contributed by atoms with E-state index in [4.69, 9.17) is 11.6 Å². The van der Waals surface area contributed by atoms with E-state index in [1.807, 2.05) is 6.07 Å². The molecule has 112 valence electrons. The number of fused-ring (bicyclic) bond motifs is 3.